The average molecular weight is 232 g/mol. The van der Waals surface area contributed by atoms with Gasteiger partial charge in [-0.3, -0.25) is 0 Å². The molecule has 0 atom stereocenters. The van der Waals surface area contributed by atoms with Crippen LogP contribution in [0.4, 0.5) is 0 Å². The largest absolute Gasteiger partial charge is 0.392 e. The molecule has 2 rings (SSSR count). The zero-order valence-electron chi connectivity index (χ0n) is 8.92. The van der Waals surface area contributed by atoms with Gasteiger partial charge in [-0.2, -0.15) is 0 Å². The van der Waals surface area contributed by atoms with Crippen LogP contribution >= 0.6 is 11.8 Å². The van der Waals surface area contributed by atoms with Gasteiger partial charge < -0.3 is 5.11 Å². The van der Waals surface area contributed by atoms with E-state index < -0.39 is 0 Å². The second-order valence-corrected chi connectivity index (χ2v) is 4.49. The van der Waals surface area contributed by atoms with Crippen molar-refractivity contribution in [1.82, 2.24) is 9.97 Å². The maximum absolute atomic E-state index is 8.87. The highest BCUT2D eigenvalue weighted by Gasteiger charge is 2.00. The van der Waals surface area contributed by atoms with Crippen molar-refractivity contribution in [2.24, 2.45) is 0 Å². The number of nitrogens with zero attached hydrogens (tertiary/aromatic N) is 2. The van der Waals surface area contributed by atoms with Gasteiger partial charge >= 0.3 is 0 Å². The van der Waals surface area contributed by atoms with E-state index in [1.54, 1.807) is 12.4 Å². The lowest BCUT2D eigenvalue weighted by Crippen LogP contribution is -1.90. The summed E-state index contributed by atoms with van der Waals surface area (Å²) in [6.45, 7) is 2.04. The molecule has 0 amide bonds. The summed E-state index contributed by atoms with van der Waals surface area (Å²) in [6, 6.07) is 8.19. The molecule has 0 spiro atoms. The van der Waals surface area contributed by atoms with Crippen LogP contribution in [-0.2, 0) is 6.61 Å². The molecule has 0 radical (unpaired) electrons. The minimum Gasteiger partial charge on any atom is -0.392 e. The fraction of sp³-hybridized carbons (Fsp3) is 0.167. The standard InChI is InChI=1S/C12H12N2OS/c1-9-3-2-4-11(5-9)16-12-13-6-10(8-15)7-14-12/h2-7,15H,8H2,1H3. The molecule has 1 aromatic heterocycles. The van der Waals surface area contributed by atoms with E-state index >= 15 is 0 Å². The van der Waals surface area contributed by atoms with Gasteiger partial charge in [0.05, 0.1) is 6.61 Å². The molecule has 0 saturated carbocycles. The second kappa shape index (κ2) is 5.09. The molecule has 0 bridgehead atoms. The lowest BCUT2D eigenvalue weighted by Gasteiger charge is -2.01. The topological polar surface area (TPSA) is 46.0 Å². The zero-order valence-corrected chi connectivity index (χ0v) is 9.74. The molecule has 1 heterocycles. The Morgan fingerprint density at radius 3 is 2.62 bits per heavy atom. The van der Waals surface area contributed by atoms with Crippen molar-refractivity contribution >= 4 is 11.8 Å². The first kappa shape index (κ1) is 11.1. The normalized spacial score (nSPS) is 10.4. The zero-order chi connectivity index (χ0) is 11.4. The third-order valence-electron chi connectivity index (χ3n) is 2.06. The van der Waals surface area contributed by atoms with E-state index in [-0.39, 0.29) is 6.61 Å². The molecular weight excluding hydrogens is 220 g/mol. The van der Waals surface area contributed by atoms with Crippen molar-refractivity contribution in [3.63, 3.8) is 0 Å². The number of aliphatic hydroxyl groups excluding tert-OH is 1. The summed E-state index contributed by atoms with van der Waals surface area (Å²) in [6.07, 6.45) is 3.29. The molecule has 0 aliphatic heterocycles. The summed E-state index contributed by atoms with van der Waals surface area (Å²) in [7, 11) is 0. The monoisotopic (exact) mass is 232 g/mol. The first-order valence-electron chi connectivity index (χ1n) is 4.94. The molecule has 0 aliphatic rings. The Balaban J connectivity index is 2.14. The van der Waals surface area contributed by atoms with Crippen LogP contribution in [0.1, 0.15) is 11.1 Å². The van der Waals surface area contributed by atoms with Crippen LogP contribution in [0.5, 0.6) is 0 Å². The number of hydrogen-bond acceptors (Lipinski definition) is 4. The van der Waals surface area contributed by atoms with Gasteiger partial charge in [0.2, 0.25) is 0 Å². The van der Waals surface area contributed by atoms with Crippen molar-refractivity contribution in [2.45, 2.75) is 23.6 Å². The minimum absolute atomic E-state index is 0.0185. The van der Waals surface area contributed by atoms with Crippen LogP contribution in [0.25, 0.3) is 0 Å². The Kier molecular flexibility index (Phi) is 3.54. The van der Waals surface area contributed by atoms with Gasteiger partial charge in [0.15, 0.2) is 5.16 Å². The van der Waals surface area contributed by atoms with Gasteiger partial charge in [-0.15, -0.1) is 0 Å². The van der Waals surface area contributed by atoms with Crippen LogP contribution in [0.3, 0.4) is 0 Å². The summed E-state index contributed by atoms with van der Waals surface area (Å²) < 4.78 is 0. The number of aromatic nitrogens is 2. The van der Waals surface area contributed by atoms with Crippen molar-refractivity contribution in [1.29, 1.82) is 0 Å². The maximum Gasteiger partial charge on any atom is 0.192 e. The van der Waals surface area contributed by atoms with E-state index in [0.717, 1.165) is 10.5 Å². The average Bonchev–Trinajstić information content (AvgIpc) is 2.30. The van der Waals surface area contributed by atoms with Crippen LogP contribution in [-0.4, -0.2) is 15.1 Å². The van der Waals surface area contributed by atoms with E-state index in [1.165, 1.54) is 17.3 Å². The fourth-order valence-corrected chi connectivity index (χ4v) is 2.07. The molecule has 3 nitrogen and oxygen atoms in total. The Morgan fingerprint density at radius 2 is 2.00 bits per heavy atom. The Hall–Kier alpha value is -1.39. The maximum atomic E-state index is 8.87. The molecule has 82 valence electrons. The van der Waals surface area contributed by atoms with Crippen molar-refractivity contribution in [3.8, 4) is 0 Å². The van der Waals surface area contributed by atoms with Gasteiger partial charge in [-0.1, -0.05) is 17.7 Å². The molecule has 0 unspecified atom stereocenters. The van der Waals surface area contributed by atoms with E-state index in [4.69, 9.17) is 5.11 Å². The Morgan fingerprint density at radius 1 is 1.25 bits per heavy atom. The molecular formula is C12H12N2OS. The third kappa shape index (κ3) is 2.81. The Bertz CT molecular complexity index is 471. The molecule has 0 fully saturated rings. The van der Waals surface area contributed by atoms with Gasteiger partial charge in [-0.05, 0) is 30.8 Å². The van der Waals surface area contributed by atoms with Crippen molar-refractivity contribution < 1.29 is 5.11 Å². The van der Waals surface area contributed by atoms with E-state index in [9.17, 15) is 0 Å². The minimum atomic E-state index is -0.0185. The van der Waals surface area contributed by atoms with E-state index in [0.29, 0.717) is 5.16 Å². The van der Waals surface area contributed by atoms with Crippen LogP contribution in [0.2, 0.25) is 0 Å². The molecule has 0 saturated heterocycles. The summed E-state index contributed by atoms with van der Waals surface area (Å²) in [5.74, 6) is 0. The highest BCUT2D eigenvalue weighted by Crippen LogP contribution is 2.24. The summed E-state index contributed by atoms with van der Waals surface area (Å²) >= 11 is 1.52. The van der Waals surface area contributed by atoms with Crippen LogP contribution in [0.15, 0.2) is 46.7 Å². The lowest BCUT2D eigenvalue weighted by atomic mass is 10.2. The second-order valence-electron chi connectivity index (χ2n) is 3.45. The van der Waals surface area contributed by atoms with Crippen LogP contribution < -0.4 is 0 Å². The lowest BCUT2D eigenvalue weighted by molar-refractivity contribution is 0.280. The summed E-state index contributed by atoms with van der Waals surface area (Å²) in [5, 5.41) is 9.56. The molecule has 0 aliphatic carbocycles. The van der Waals surface area contributed by atoms with E-state index in [1.807, 2.05) is 12.1 Å². The fourth-order valence-electron chi connectivity index (χ4n) is 1.26. The number of benzene rings is 1. The summed E-state index contributed by atoms with van der Waals surface area (Å²) in [5.41, 5.74) is 1.95. The first-order chi connectivity index (χ1) is 7.78. The Labute approximate surface area is 98.6 Å². The van der Waals surface area contributed by atoms with Crippen LogP contribution in [0, 0.1) is 6.92 Å². The van der Waals surface area contributed by atoms with Gasteiger partial charge in [0, 0.05) is 22.9 Å². The number of hydrogen-bond donors (Lipinski definition) is 1. The molecule has 1 aromatic carbocycles. The highest BCUT2D eigenvalue weighted by atomic mass is 32.2. The van der Waals surface area contributed by atoms with Crippen molar-refractivity contribution in [2.75, 3.05) is 0 Å². The smallest absolute Gasteiger partial charge is 0.192 e. The number of aryl methyl sites for hydroxylation is 1. The van der Waals surface area contributed by atoms with Gasteiger partial charge in [-0.25, -0.2) is 9.97 Å². The number of aliphatic hydroxyl groups is 1. The third-order valence-corrected chi connectivity index (χ3v) is 2.95. The SMILES string of the molecule is Cc1cccc(Sc2ncc(CO)cn2)c1. The first-order valence-corrected chi connectivity index (χ1v) is 5.76. The molecule has 16 heavy (non-hydrogen) atoms. The molecule has 2 aromatic rings. The highest BCUT2D eigenvalue weighted by molar-refractivity contribution is 7.99. The van der Waals surface area contributed by atoms with E-state index in [2.05, 4.69) is 29.0 Å². The van der Waals surface area contributed by atoms with Gasteiger partial charge in [0.1, 0.15) is 0 Å². The molecule has 4 heteroatoms. The predicted octanol–water partition coefficient (Wildman–Crippen LogP) is 2.43. The van der Waals surface area contributed by atoms with Gasteiger partial charge in [0.25, 0.3) is 0 Å². The number of rotatable bonds is 3. The summed E-state index contributed by atoms with van der Waals surface area (Å²) in [4.78, 5) is 9.45. The predicted molar refractivity (Wildman–Crippen MR) is 63.3 cm³/mol. The quantitative estimate of drug-likeness (QED) is 0.826. The van der Waals surface area contributed by atoms with Crippen molar-refractivity contribution in [3.05, 3.63) is 47.8 Å². The molecule has 1 N–H and O–H groups in total.